The van der Waals surface area contributed by atoms with Crippen molar-refractivity contribution in [3.8, 4) is 27.6 Å². The standard InChI is InChI=1S/C31H31FN6O2S.C10H12O/c1-15(2)11-22-25(29(33)39)27(24-14-19-9-10-35-30(34-4)28(19)41-24)26(31-38-37-16(3)40-31)23(36-22)13-18-6-5-17-12-20(32)7-8-21(17)18;1-11-10-7-3-5-8-4-2-6-9(8)10/h7-10,12,14-15,18H,5-6,11,13H2,1-4H3,(H2,33,39)(H,34,35);3,5,7H,2,4,6H2,1H3. The first kappa shape index (κ1) is 35.3. The van der Waals surface area contributed by atoms with Crippen LogP contribution in [0.3, 0.4) is 0 Å². The third-order valence-corrected chi connectivity index (χ3v) is 11.1. The summed E-state index contributed by atoms with van der Waals surface area (Å²) in [5, 5.41) is 12.7. The maximum atomic E-state index is 14.0. The molecule has 1 atom stereocenters. The summed E-state index contributed by atoms with van der Waals surface area (Å²) in [6.07, 6.45) is 8.28. The zero-order valence-electron chi connectivity index (χ0n) is 30.2. The average Bonchev–Trinajstić information content (AvgIpc) is 3.94. The van der Waals surface area contributed by atoms with Gasteiger partial charge in [-0.15, -0.1) is 21.5 Å². The van der Waals surface area contributed by atoms with Gasteiger partial charge in [0.05, 0.1) is 34.3 Å². The Labute approximate surface area is 306 Å². The largest absolute Gasteiger partial charge is 0.496 e. The molecule has 0 radical (unpaired) electrons. The van der Waals surface area contributed by atoms with Crippen molar-refractivity contribution in [1.82, 2.24) is 20.2 Å². The van der Waals surface area contributed by atoms with Crippen LogP contribution in [0.4, 0.5) is 10.2 Å². The molecule has 0 saturated heterocycles. The second-order valence-electron chi connectivity index (χ2n) is 13.9. The van der Waals surface area contributed by atoms with E-state index in [1.165, 1.54) is 47.8 Å². The fourth-order valence-corrected chi connectivity index (χ4v) is 8.88. The third-order valence-electron chi connectivity index (χ3n) is 9.92. The Morgan fingerprint density at radius 2 is 1.92 bits per heavy atom. The Kier molecular flexibility index (Phi) is 10.1. The number of rotatable bonds is 9. The summed E-state index contributed by atoms with van der Waals surface area (Å²) in [6, 6.07) is 15.3. The van der Waals surface area contributed by atoms with Gasteiger partial charge in [0.15, 0.2) is 0 Å². The highest BCUT2D eigenvalue weighted by Gasteiger charge is 2.32. The Balaban J connectivity index is 0.000000324. The number of nitrogens with zero attached hydrogens (tertiary/aromatic N) is 4. The zero-order chi connectivity index (χ0) is 36.5. The fourth-order valence-electron chi connectivity index (χ4n) is 7.67. The lowest BCUT2D eigenvalue weighted by atomic mass is 9.88. The number of anilines is 1. The van der Waals surface area contributed by atoms with Crippen LogP contribution in [0.25, 0.3) is 32.0 Å². The second-order valence-corrected chi connectivity index (χ2v) is 14.9. The summed E-state index contributed by atoms with van der Waals surface area (Å²) < 4.78 is 26.2. The molecule has 11 heteroatoms. The quantitative estimate of drug-likeness (QED) is 0.152. The van der Waals surface area contributed by atoms with Gasteiger partial charge in [0, 0.05) is 30.6 Å². The van der Waals surface area contributed by atoms with Gasteiger partial charge in [-0.25, -0.2) is 9.37 Å². The molecule has 0 fully saturated rings. The van der Waals surface area contributed by atoms with Crippen molar-refractivity contribution >= 4 is 33.1 Å². The first-order valence-corrected chi connectivity index (χ1v) is 18.6. The maximum absolute atomic E-state index is 14.0. The van der Waals surface area contributed by atoms with E-state index in [2.05, 4.69) is 46.5 Å². The van der Waals surface area contributed by atoms with E-state index in [4.69, 9.17) is 19.9 Å². The number of halogens is 1. The smallest absolute Gasteiger partial charge is 0.251 e. The van der Waals surface area contributed by atoms with Crippen LogP contribution < -0.4 is 15.8 Å². The summed E-state index contributed by atoms with van der Waals surface area (Å²) in [5.74, 6) is 2.10. The molecular formula is C41H43FN6O3S. The minimum atomic E-state index is -0.557. The Morgan fingerprint density at radius 3 is 2.65 bits per heavy atom. The van der Waals surface area contributed by atoms with E-state index in [9.17, 15) is 9.18 Å². The van der Waals surface area contributed by atoms with Gasteiger partial charge in [-0.1, -0.05) is 32.0 Å². The van der Waals surface area contributed by atoms with Crippen molar-refractivity contribution in [2.24, 2.45) is 11.7 Å². The number of aryl methyl sites for hydroxylation is 3. The highest BCUT2D eigenvalue weighted by molar-refractivity contribution is 7.23. The lowest BCUT2D eigenvalue weighted by Gasteiger charge is -2.21. The van der Waals surface area contributed by atoms with Crippen LogP contribution in [0.5, 0.6) is 5.75 Å². The summed E-state index contributed by atoms with van der Waals surface area (Å²) in [4.78, 5) is 23.7. The summed E-state index contributed by atoms with van der Waals surface area (Å²) >= 11 is 1.53. The van der Waals surface area contributed by atoms with E-state index in [1.54, 1.807) is 26.3 Å². The number of thiophene rings is 1. The van der Waals surface area contributed by atoms with Gasteiger partial charge in [-0.2, -0.15) is 0 Å². The fraction of sp³-hybridized carbons (Fsp3) is 0.341. The number of pyridine rings is 2. The van der Waals surface area contributed by atoms with E-state index in [-0.39, 0.29) is 17.7 Å². The normalized spacial score (nSPS) is 14.6. The van der Waals surface area contributed by atoms with Crippen molar-refractivity contribution in [1.29, 1.82) is 0 Å². The van der Waals surface area contributed by atoms with Crippen molar-refractivity contribution in [2.45, 2.75) is 71.6 Å². The first-order valence-electron chi connectivity index (χ1n) is 17.8. The highest BCUT2D eigenvalue weighted by Crippen LogP contribution is 2.46. The molecule has 0 spiro atoms. The number of hydrogen-bond acceptors (Lipinski definition) is 9. The van der Waals surface area contributed by atoms with Crippen LogP contribution in [0.15, 0.2) is 59.1 Å². The SMILES string of the molecule is CNc1nccc2cc(-c3c(C(N)=O)c(CC(C)C)nc(CC4CCc5cc(F)ccc54)c3-c3nnc(C)o3)sc12.COc1cccc2c1CCC2. The van der Waals surface area contributed by atoms with Crippen LogP contribution in [0.1, 0.15) is 82.5 Å². The zero-order valence-corrected chi connectivity index (χ0v) is 31.0. The molecule has 268 valence electrons. The van der Waals surface area contributed by atoms with E-state index in [0.29, 0.717) is 47.0 Å². The molecule has 3 N–H and O–H groups in total. The lowest BCUT2D eigenvalue weighted by Crippen LogP contribution is -2.20. The Morgan fingerprint density at radius 1 is 1.08 bits per heavy atom. The lowest BCUT2D eigenvalue weighted by molar-refractivity contribution is 0.0999. The van der Waals surface area contributed by atoms with Crippen molar-refractivity contribution in [3.05, 3.63) is 106 Å². The first-order chi connectivity index (χ1) is 25.1. The molecular weight excluding hydrogens is 676 g/mol. The number of ether oxygens (including phenoxy) is 1. The van der Waals surface area contributed by atoms with Crippen LogP contribution in [-0.4, -0.2) is 40.2 Å². The molecule has 0 saturated carbocycles. The number of carbonyl (C=O) groups excluding carboxylic acids is 1. The molecule has 9 nitrogen and oxygen atoms in total. The van der Waals surface area contributed by atoms with Crippen LogP contribution in [0, 0.1) is 18.7 Å². The number of benzene rings is 2. The van der Waals surface area contributed by atoms with Crippen molar-refractivity contribution < 1.29 is 18.3 Å². The van der Waals surface area contributed by atoms with Gasteiger partial charge in [0.2, 0.25) is 11.8 Å². The number of nitrogens with one attached hydrogen (secondary N) is 1. The monoisotopic (exact) mass is 718 g/mol. The molecule has 1 amide bonds. The number of fused-ring (bicyclic) bond motifs is 3. The Bertz CT molecular complexity index is 2280. The molecule has 4 aromatic heterocycles. The summed E-state index contributed by atoms with van der Waals surface area (Å²) in [6.45, 7) is 5.91. The molecule has 8 rings (SSSR count). The number of primary amides is 1. The molecule has 1 unspecified atom stereocenters. The number of methoxy groups -OCH3 is 1. The predicted octanol–water partition coefficient (Wildman–Crippen LogP) is 8.65. The van der Waals surface area contributed by atoms with Gasteiger partial charge in [0.1, 0.15) is 17.4 Å². The molecule has 0 bridgehead atoms. The minimum Gasteiger partial charge on any atom is -0.496 e. The average molecular weight is 719 g/mol. The maximum Gasteiger partial charge on any atom is 0.251 e. The minimum absolute atomic E-state index is 0.127. The second kappa shape index (κ2) is 14.8. The predicted molar refractivity (Wildman–Crippen MR) is 204 cm³/mol. The van der Waals surface area contributed by atoms with Gasteiger partial charge in [0.25, 0.3) is 5.91 Å². The Hall–Kier alpha value is -5.16. The van der Waals surface area contributed by atoms with Crippen LogP contribution in [0.2, 0.25) is 0 Å². The van der Waals surface area contributed by atoms with E-state index >= 15 is 0 Å². The molecule has 2 aliphatic carbocycles. The van der Waals surface area contributed by atoms with Gasteiger partial charge in [-0.05, 0) is 115 Å². The molecule has 2 aromatic carbocycles. The number of nitrogens with two attached hydrogens (primary N) is 1. The van der Waals surface area contributed by atoms with Gasteiger partial charge < -0.3 is 20.2 Å². The number of hydrogen-bond donors (Lipinski definition) is 2. The third kappa shape index (κ3) is 6.89. The van der Waals surface area contributed by atoms with E-state index in [1.807, 2.05) is 31.3 Å². The molecule has 4 heterocycles. The van der Waals surface area contributed by atoms with Crippen LogP contribution in [-0.2, 0) is 32.1 Å². The summed E-state index contributed by atoms with van der Waals surface area (Å²) in [7, 11) is 3.58. The van der Waals surface area contributed by atoms with Gasteiger partial charge >= 0.3 is 0 Å². The number of aromatic nitrogens is 4. The topological polar surface area (TPSA) is 129 Å². The number of carbonyl (C=O) groups is 1. The number of amides is 1. The van der Waals surface area contributed by atoms with Gasteiger partial charge in [-0.3, -0.25) is 9.78 Å². The van der Waals surface area contributed by atoms with E-state index < -0.39 is 5.91 Å². The molecule has 6 aromatic rings. The molecule has 0 aliphatic heterocycles. The van der Waals surface area contributed by atoms with Crippen molar-refractivity contribution in [3.63, 3.8) is 0 Å². The molecule has 52 heavy (non-hydrogen) atoms. The highest BCUT2D eigenvalue weighted by atomic mass is 32.1. The van der Waals surface area contributed by atoms with E-state index in [0.717, 1.165) is 56.2 Å². The van der Waals surface area contributed by atoms with Crippen molar-refractivity contribution in [2.75, 3.05) is 19.5 Å². The molecule has 2 aliphatic rings. The van der Waals surface area contributed by atoms with Crippen LogP contribution >= 0.6 is 11.3 Å². The summed E-state index contributed by atoms with van der Waals surface area (Å²) in [5.41, 5.74) is 14.2.